The van der Waals surface area contributed by atoms with Gasteiger partial charge in [-0.25, -0.2) is 24.2 Å². The van der Waals surface area contributed by atoms with E-state index in [2.05, 4.69) is 73.7 Å². The molecule has 0 amide bonds. The molecule has 2 aliphatic rings. The topological polar surface area (TPSA) is 155 Å². The van der Waals surface area contributed by atoms with E-state index >= 15 is 0 Å². The molecule has 0 bridgehead atoms. The zero-order valence-corrected chi connectivity index (χ0v) is 24.5. The summed E-state index contributed by atoms with van der Waals surface area (Å²) in [7, 11) is 4.11. The summed E-state index contributed by atoms with van der Waals surface area (Å²) < 4.78 is 1.78. The molecule has 3 aromatic rings. The van der Waals surface area contributed by atoms with Crippen LogP contribution in [0.1, 0.15) is 53.3 Å². The third-order valence-corrected chi connectivity index (χ3v) is 6.68. The Balaban J connectivity index is 0.000000194. The standard InChI is InChI=1S/C9H7N3O2.C8H18N2.C6H4BrNO2.C5H7N/c13-9(14)7-3-1-4-10-8(7)12-6-2-5-11-12;1-9-7-5-3-4-6-8(7)10-2;7-5-4(6(9)10)2-1-3-8-5;1-5-2-3-6-4-5/h1-6H,(H,13,14);7-10H,3-6H2,1-2H3;1-3H,(H,9,10);2,4H,3H2,1H3. The molecule has 1 saturated carbocycles. The number of likely N-dealkylation sites (N-methyl/N-ethyl adjacent to an activating group) is 2. The van der Waals surface area contributed by atoms with Gasteiger partial charge in [0.1, 0.15) is 10.2 Å². The molecule has 0 saturated heterocycles. The second-order valence-electron chi connectivity index (χ2n) is 8.79. The van der Waals surface area contributed by atoms with Crippen LogP contribution in [-0.2, 0) is 0 Å². The van der Waals surface area contributed by atoms with Gasteiger partial charge >= 0.3 is 11.9 Å². The van der Waals surface area contributed by atoms with E-state index in [1.807, 2.05) is 6.21 Å². The van der Waals surface area contributed by atoms with E-state index < -0.39 is 11.9 Å². The molecule has 40 heavy (non-hydrogen) atoms. The number of hydrogen-bond donors (Lipinski definition) is 4. The van der Waals surface area contributed by atoms with Crippen LogP contribution in [0.4, 0.5) is 0 Å². The number of aromatic nitrogens is 4. The highest BCUT2D eigenvalue weighted by atomic mass is 79.9. The summed E-state index contributed by atoms with van der Waals surface area (Å²) in [5.74, 6) is -1.66. The van der Waals surface area contributed by atoms with Gasteiger partial charge in [0.15, 0.2) is 5.82 Å². The molecule has 1 aliphatic carbocycles. The average Bonchev–Trinajstić information content (AvgIpc) is 3.68. The van der Waals surface area contributed by atoms with Crippen molar-refractivity contribution in [2.24, 2.45) is 4.99 Å². The molecule has 12 heteroatoms. The zero-order chi connectivity index (χ0) is 29.3. The second kappa shape index (κ2) is 17.8. The van der Waals surface area contributed by atoms with Gasteiger partial charge in [-0.05, 0) is 85.7 Å². The van der Waals surface area contributed by atoms with Crippen LogP contribution < -0.4 is 10.6 Å². The second-order valence-corrected chi connectivity index (χ2v) is 9.55. The molecule has 4 N–H and O–H groups in total. The van der Waals surface area contributed by atoms with E-state index in [0.29, 0.717) is 22.5 Å². The lowest BCUT2D eigenvalue weighted by Crippen LogP contribution is -2.47. The molecule has 11 nitrogen and oxygen atoms in total. The summed E-state index contributed by atoms with van der Waals surface area (Å²) in [5.41, 5.74) is 1.61. The Morgan fingerprint density at radius 2 is 1.52 bits per heavy atom. The van der Waals surface area contributed by atoms with Crippen LogP contribution in [0.5, 0.6) is 0 Å². The van der Waals surface area contributed by atoms with Gasteiger partial charge in [-0.2, -0.15) is 5.10 Å². The number of halogens is 1. The Morgan fingerprint density at radius 1 is 0.925 bits per heavy atom. The van der Waals surface area contributed by atoms with Crippen molar-refractivity contribution in [3.63, 3.8) is 0 Å². The van der Waals surface area contributed by atoms with Crippen molar-refractivity contribution in [3.05, 3.63) is 82.5 Å². The fraction of sp³-hybridized carbons (Fsp3) is 0.357. The molecule has 1 aliphatic heterocycles. The Morgan fingerprint density at radius 3 is 1.93 bits per heavy atom. The SMILES string of the molecule is CC1=CCN=C1.CNC1CCCCC1NC.O=C(O)c1cccnc1-n1cccn1.O=C(O)c1cccnc1Br. The summed E-state index contributed by atoms with van der Waals surface area (Å²) in [6, 6.07) is 9.26. The van der Waals surface area contributed by atoms with Crippen molar-refractivity contribution in [2.75, 3.05) is 20.6 Å². The van der Waals surface area contributed by atoms with Crippen LogP contribution in [-0.4, -0.2) is 80.8 Å². The first kappa shape index (κ1) is 32.5. The fourth-order valence-electron chi connectivity index (χ4n) is 3.95. The highest BCUT2D eigenvalue weighted by Crippen LogP contribution is 2.17. The van der Waals surface area contributed by atoms with E-state index in [1.54, 1.807) is 30.6 Å². The van der Waals surface area contributed by atoms with E-state index in [0.717, 1.165) is 6.54 Å². The monoisotopic (exact) mass is 613 g/mol. The van der Waals surface area contributed by atoms with Crippen molar-refractivity contribution < 1.29 is 19.8 Å². The van der Waals surface area contributed by atoms with Crippen molar-refractivity contribution in [1.29, 1.82) is 0 Å². The maximum atomic E-state index is 10.8. The predicted octanol–water partition coefficient (Wildman–Crippen LogP) is 4.26. The largest absolute Gasteiger partial charge is 0.478 e. The van der Waals surface area contributed by atoms with Crippen molar-refractivity contribution in [3.8, 4) is 5.82 Å². The fourth-order valence-corrected chi connectivity index (χ4v) is 4.37. The lowest BCUT2D eigenvalue weighted by atomic mass is 9.91. The molecule has 0 radical (unpaired) electrons. The number of pyridine rings is 2. The van der Waals surface area contributed by atoms with Gasteiger partial charge in [0, 0.05) is 43.1 Å². The van der Waals surface area contributed by atoms with Gasteiger partial charge in [-0.15, -0.1) is 0 Å². The van der Waals surface area contributed by atoms with Gasteiger partial charge in [0.2, 0.25) is 0 Å². The Kier molecular flexibility index (Phi) is 14.4. The average molecular weight is 615 g/mol. The molecule has 214 valence electrons. The minimum absolute atomic E-state index is 0.135. The summed E-state index contributed by atoms with van der Waals surface area (Å²) in [5, 5.41) is 28.0. The highest BCUT2D eigenvalue weighted by Gasteiger charge is 2.21. The molecular weight excluding hydrogens is 578 g/mol. The summed E-state index contributed by atoms with van der Waals surface area (Å²) in [6.45, 7) is 2.95. The summed E-state index contributed by atoms with van der Waals surface area (Å²) >= 11 is 3.00. The van der Waals surface area contributed by atoms with Gasteiger partial charge in [-0.1, -0.05) is 18.9 Å². The number of carboxylic acid groups (broad SMARTS) is 2. The van der Waals surface area contributed by atoms with Crippen molar-refractivity contribution in [2.45, 2.75) is 44.7 Å². The van der Waals surface area contributed by atoms with Crippen LogP contribution in [0.3, 0.4) is 0 Å². The number of carbonyl (C=O) groups is 2. The molecule has 1 fully saturated rings. The molecule has 3 aromatic heterocycles. The normalized spacial score (nSPS) is 17.1. The number of allylic oxidation sites excluding steroid dienone is 1. The highest BCUT2D eigenvalue weighted by molar-refractivity contribution is 9.10. The molecule has 5 rings (SSSR count). The zero-order valence-electron chi connectivity index (χ0n) is 22.9. The third kappa shape index (κ3) is 10.8. The maximum Gasteiger partial charge on any atom is 0.339 e. The Labute approximate surface area is 242 Å². The van der Waals surface area contributed by atoms with Crippen LogP contribution in [0.2, 0.25) is 0 Å². The van der Waals surface area contributed by atoms with Crippen LogP contribution in [0.25, 0.3) is 5.82 Å². The van der Waals surface area contributed by atoms with Crippen molar-refractivity contribution in [1.82, 2.24) is 30.4 Å². The number of hydrogen-bond acceptors (Lipinski definition) is 8. The smallest absolute Gasteiger partial charge is 0.339 e. The minimum Gasteiger partial charge on any atom is -0.478 e. The number of carboxylic acids is 2. The third-order valence-electron chi connectivity index (χ3n) is 6.05. The Hall–Kier alpha value is -3.74. The van der Waals surface area contributed by atoms with E-state index in [-0.39, 0.29) is 11.1 Å². The molecule has 0 aromatic carbocycles. The first-order valence-corrected chi connectivity index (χ1v) is 13.6. The van der Waals surface area contributed by atoms with Gasteiger partial charge < -0.3 is 20.8 Å². The first-order valence-electron chi connectivity index (χ1n) is 12.8. The lowest BCUT2D eigenvalue weighted by Gasteiger charge is -2.30. The van der Waals surface area contributed by atoms with E-state index in [9.17, 15) is 9.59 Å². The molecule has 2 unspecified atom stereocenters. The van der Waals surface area contributed by atoms with Gasteiger partial charge in [-0.3, -0.25) is 4.99 Å². The molecule has 2 atom stereocenters. The lowest BCUT2D eigenvalue weighted by molar-refractivity contribution is 0.0685. The maximum absolute atomic E-state index is 10.8. The minimum atomic E-state index is -1.01. The molecule has 0 spiro atoms. The van der Waals surface area contributed by atoms with Crippen LogP contribution in [0.15, 0.2) is 76.4 Å². The number of aromatic carboxylic acids is 2. The summed E-state index contributed by atoms with van der Waals surface area (Å²) in [4.78, 5) is 32.8. The van der Waals surface area contributed by atoms with Gasteiger partial charge in [0.25, 0.3) is 0 Å². The number of nitrogens with zero attached hydrogens (tertiary/aromatic N) is 5. The number of nitrogens with one attached hydrogen (secondary N) is 2. The summed E-state index contributed by atoms with van der Waals surface area (Å²) in [6.07, 6.45) is 15.7. The molecular formula is C28H36BrN7O4. The Bertz CT molecular complexity index is 1250. The number of aliphatic imine (C=N–C) groups is 1. The van der Waals surface area contributed by atoms with Gasteiger partial charge in [0.05, 0.1) is 12.1 Å². The van der Waals surface area contributed by atoms with Crippen LogP contribution >= 0.6 is 15.9 Å². The molecule has 4 heterocycles. The van der Waals surface area contributed by atoms with Crippen molar-refractivity contribution >= 4 is 34.1 Å². The number of rotatable bonds is 5. The van der Waals surface area contributed by atoms with E-state index in [4.69, 9.17) is 10.2 Å². The predicted molar refractivity (Wildman–Crippen MR) is 158 cm³/mol. The quantitative estimate of drug-likeness (QED) is 0.309. The first-order chi connectivity index (χ1) is 19.3. The van der Waals surface area contributed by atoms with Crippen LogP contribution in [0, 0.1) is 0 Å². The van der Waals surface area contributed by atoms with E-state index in [1.165, 1.54) is 60.5 Å².